The first kappa shape index (κ1) is 11.3. The maximum Gasteiger partial charge on any atom is 0.202 e. The zero-order chi connectivity index (χ0) is 11.7. The lowest BCUT2D eigenvalue weighted by molar-refractivity contribution is 0.632. The minimum Gasteiger partial charge on any atom is -0.369 e. The Kier molecular flexibility index (Phi) is 3.05. The maximum atomic E-state index is 5.96. The fraction of sp³-hybridized carbons (Fsp3) is 0.455. The van der Waals surface area contributed by atoms with Gasteiger partial charge in [0.2, 0.25) is 5.95 Å². The second-order valence-electron chi connectivity index (χ2n) is 3.94. The van der Waals surface area contributed by atoms with Crippen molar-refractivity contribution in [3.63, 3.8) is 0 Å². The normalized spacial score (nSPS) is 13.2. The highest BCUT2D eigenvalue weighted by Crippen LogP contribution is 2.24. The Hall–Kier alpha value is -1.23. The number of hydrogen-bond donors (Lipinski definition) is 1. The Morgan fingerprint density at radius 2 is 2.31 bits per heavy atom. The summed E-state index contributed by atoms with van der Waals surface area (Å²) in [7, 11) is 0. The van der Waals surface area contributed by atoms with Gasteiger partial charge in [0.1, 0.15) is 5.52 Å². The number of pyridine rings is 1. The third-order valence-electron chi connectivity index (χ3n) is 2.66. The van der Waals surface area contributed by atoms with Gasteiger partial charge in [-0.3, -0.25) is 4.57 Å². The summed E-state index contributed by atoms with van der Waals surface area (Å²) in [6.45, 7) is 4.16. The SMILES string of the molecule is CSCC(C)n1c(N)nc2c(C)ccnc21. The van der Waals surface area contributed by atoms with Gasteiger partial charge in [-0.05, 0) is 31.7 Å². The minimum atomic E-state index is 0.314. The molecule has 0 bridgehead atoms. The van der Waals surface area contributed by atoms with Crippen LogP contribution in [0, 0.1) is 6.92 Å². The molecule has 5 heteroatoms. The lowest BCUT2D eigenvalue weighted by Crippen LogP contribution is -2.11. The van der Waals surface area contributed by atoms with Crippen LogP contribution in [0.4, 0.5) is 5.95 Å². The van der Waals surface area contributed by atoms with Crippen molar-refractivity contribution in [2.24, 2.45) is 0 Å². The van der Waals surface area contributed by atoms with Gasteiger partial charge in [-0.1, -0.05) is 0 Å². The molecule has 2 N–H and O–H groups in total. The number of nitrogens with two attached hydrogens (primary N) is 1. The topological polar surface area (TPSA) is 56.7 Å². The van der Waals surface area contributed by atoms with Gasteiger partial charge >= 0.3 is 0 Å². The molecule has 0 aliphatic carbocycles. The molecule has 86 valence electrons. The maximum absolute atomic E-state index is 5.96. The monoisotopic (exact) mass is 236 g/mol. The second-order valence-corrected chi connectivity index (χ2v) is 4.86. The number of thioether (sulfide) groups is 1. The van der Waals surface area contributed by atoms with Crippen LogP contribution in [0.25, 0.3) is 11.2 Å². The number of nitrogen functional groups attached to an aromatic ring is 1. The summed E-state index contributed by atoms with van der Waals surface area (Å²) >= 11 is 1.80. The minimum absolute atomic E-state index is 0.314. The van der Waals surface area contributed by atoms with Crippen LogP contribution in [0.3, 0.4) is 0 Å². The van der Waals surface area contributed by atoms with Crippen molar-refractivity contribution < 1.29 is 0 Å². The Morgan fingerprint density at radius 1 is 1.56 bits per heavy atom. The Balaban J connectivity index is 2.60. The average molecular weight is 236 g/mol. The van der Waals surface area contributed by atoms with Gasteiger partial charge in [0, 0.05) is 18.0 Å². The molecule has 0 saturated heterocycles. The third-order valence-corrected chi connectivity index (χ3v) is 3.47. The molecule has 0 radical (unpaired) electrons. The van der Waals surface area contributed by atoms with E-state index in [0.717, 1.165) is 22.5 Å². The van der Waals surface area contributed by atoms with Crippen molar-refractivity contribution in [2.45, 2.75) is 19.9 Å². The Bertz CT molecular complexity index is 506. The van der Waals surface area contributed by atoms with E-state index in [2.05, 4.69) is 23.1 Å². The lowest BCUT2D eigenvalue weighted by atomic mass is 10.3. The number of aryl methyl sites for hydroxylation is 1. The van der Waals surface area contributed by atoms with Crippen molar-refractivity contribution in [1.29, 1.82) is 0 Å². The summed E-state index contributed by atoms with van der Waals surface area (Å²) in [6, 6.07) is 2.27. The van der Waals surface area contributed by atoms with Gasteiger partial charge in [-0.25, -0.2) is 9.97 Å². The zero-order valence-corrected chi connectivity index (χ0v) is 10.6. The first-order valence-electron chi connectivity index (χ1n) is 5.23. The van der Waals surface area contributed by atoms with E-state index in [0.29, 0.717) is 12.0 Å². The van der Waals surface area contributed by atoms with Crippen LogP contribution in [0.5, 0.6) is 0 Å². The molecule has 1 unspecified atom stereocenters. The van der Waals surface area contributed by atoms with Gasteiger partial charge < -0.3 is 5.73 Å². The molecular formula is C11H16N4S. The third kappa shape index (κ3) is 1.75. The van der Waals surface area contributed by atoms with E-state index in [-0.39, 0.29) is 0 Å². The van der Waals surface area contributed by atoms with Crippen LogP contribution in [-0.2, 0) is 0 Å². The molecule has 2 aromatic heterocycles. The molecule has 0 saturated carbocycles. The molecular weight excluding hydrogens is 220 g/mol. The van der Waals surface area contributed by atoms with Crippen LogP contribution in [-0.4, -0.2) is 26.5 Å². The molecule has 0 aliphatic heterocycles. The Morgan fingerprint density at radius 3 is 3.00 bits per heavy atom. The summed E-state index contributed by atoms with van der Waals surface area (Å²) in [5, 5.41) is 0. The van der Waals surface area contributed by atoms with E-state index in [4.69, 9.17) is 5.73 Å². The zero-order valence-electron chi connectivity index (χ0n) is 9.77. The van der Waals surface area contributed by atoms with E-state index < -0.39 is 0 Å². The lowest BCUT2D eigenvalue weighted by Gasteiger charge is -2.13. The van der Waals surface area contributed by atoms with Gasteiger partial charge in [0.25, 0.3) is 0 Å². The number of rotatable bonds is 3. The first-order valence-corrected chi connectivity index (χ1v) is 6.62. The van der Waals surface area contributed by atoms with Gasteiger partial charge in [0.05, 0.1) is 0 Å². The fourth-order valence-electron chi connectivity index (χ4n) is 1.88. The average Bonchev–Trinajstić information content (AvgIpc) is 2.56. The molecule has 0 amide bonds. The van der Waals surface area contributed by atoms with E-state index in [1.165, 1.54) is 0 Å². The summed E-state index contributed by atoms with van der Waals surface area (Å²) in [5.41, 5.74) is 8.87. The van der Waals surface area contributed by atoms with Crippen molar-refractivity contribution >= 4 is 28.9 Å². The molecule has 0 spiro atoms. The number of imidazole rings is 1. The van der Waals surface area contributed by atoms with Crippen LogP contribution in [0.15, 0.2) is 12.3 Å². The number of fused-ring (bicyclic) bond motifs is 1. The van der Waals surface area contributed by atoms with E-state index >= 15 is 0 Å². The highest BCUT2D eigenvalue weighted by Gasteiger charge is 2.15. The predicted octanol–water partition coefficient (Wildman–Crippen LogP) is 2.25. The Labute approximate surface area is 99.3 Å². The van der Waals surface area contributed by atoms with E-state index in [1.807, 2.05) is 17.6 Å². The van der Waals surface area contributed by atoms with Crippen molar-refractivity contribution in [3.05, 3.63) is 17.8 Å². The molecule has 2 aromatic rings. The summed E-state index contributed by atoms with van der Waals surface area (Å²) in [6.07, 6.45) is 3.89. The molecule has 4 nitrogen and oxygen atoms in total. The highest BCUT2D eigenvalue weighted by molar-refractivity contribution is 7.98. The van der Waals surface area contributed by atoms with Crippen LogP contribution < -0.4 is 5.73 Å². The number of nitrogens with zero attached hydrogens (tertiary/aromatic N) is 3. The highest BCUT2D eigenvalue weighted by atomic mass is 32.2. The van der Waals surface area contributed by atoms with Crippen LogP contribution in [0.2, 0.25) is 0 Å². The second kappa shape index (κ2) is 4.33. The summed E-state index contributed by atoms with van der Waals surface area (Å²) in [5.74, 6) is 1.56. The van der Waals surface area contributed by atoms with Gasteiger partial charge in [-0.15, -0.1) is 0 Å². The van der Waals surface area contributed by atoms with E-state index in [9.17, 15) is 0 Å². The fourth-order valence-corrected chi connectivity index (χ4v) is 2.51. The van der Waals surface area contributed by atoms with Gasteiger partial charge in [0.15, 0.2) is 5.65 Å². The van der Waals surface area contributed by atoms with Crippen LogP contribution in [0.1, 0.15) is 18.5 Å². The molecule has 0 aromatic carbocycles. The molecule has 1 atom stereocenters. The van der Waals surface area contributed by atoms with Crippen molar-refractivity contribution in [2.75, 3.05) is 17.7 Å². The molecule has 0 aliphatic rings. The molecule has 2 heterocycles. The number of hydrogen-bond acceptors (Lipinski definition) is 4. The predicted molar refractivity (Wildman–Crippen MR) is 69.8 cm³/mol. The standard InChI is InChI=1S/C11H16N4S/c1-7-4-5-13-10-9(7)14-11(12)15(10)8(2)6-16-3/h4-5,8H,6H2,1-3H3,(H2,12,14). The van der Waals surface area contributed by atoms with Gasteiger partial charge in [-0.2, -0.15) is 11.8 Å². The first-order chi connectivity index (χ1) is 7.65. The van der Waals surface area contributed by atoms with E-state index in [1.54, 1.807) is 18.0 Å². The van der Waals surface area contributed by atoms with Crippen LogP contribution >= 0.6 is 11.8 Å². The number of aromatic nitrogens is 3. The molecule has 0 fully saturated rings. The number of anilines is 1. The smallest absolute Gasteiger partial charge is 0.202 e. The largest absolute Gasteiger partial charge is 0.369 e. The summed E-state index contributed by atoms with van der Waals surface area (Å²) in [4.78, 5) is 8.76. The summed E-state index contributed by atoms with van der Waals surface area (Å²) < 4.78 is 2.01. The van der Waals surface area contributed by atoms with Crippen molar-refractivity contribution in [3.8, 4) is 0 Å². The quantitative estimate of drug-likeness (QED) is 0.888. The van der Waals surface area contributed by atoms with Crippen molar-refractivity contribution in [1.82, 2.24) is 14.5 Å². The molecule has 16 heavy (non-hydrogen) atoms. The molecule has 2 rings (SSSR count).